The van der Waals surface area contributed by atoms with E-state index in [1.54, 1.807) is 0 Å². The molecule has 9 heteroatoms. The van der Waals surface area contributed by atoms with Crippen LogP contribution >= 0.6 is 15.9 Å². The minimum Gasteiger partial charge on any atom is -0.472 e. The Balaban J connectivity index is 3.01. The lowest BCUT2D eigenvalue weighted by Gasteiger charge is -2.30. The molecule has 0 bridgehead atoms. The number of halogens is 1. The number of Topliss-reactive ketones (excluding diaryl/α,β-unsaturated/α-hetero) is 1. The molecule has 8 nitrogen and oxygen atoms in total. The van der Waals surface area contributed by atoms with Gasteiger partial charge in [0.2, 0.25) is 22.3 Å². The molecule has 116 valence electrons. The van der Waals surface area contributed by atoms with Gasteiger partial charge in [-0.1, -0.05) is 0 Å². The molecule has 1 heterocycles. The Hall–Kier alpha value is -1.90. The van der Waals surface area contributed by atoms with Gasteiger partial charge in [0.1, 0.15) is 6.61 Å². The highest BCUT2D eigenvalue weighted by atomic mass is 79.9. The topological polar surface area (TPSA) is 105 Å². The fourth-order valence-corrected chi connectivity index (χ4v) is 2.02. The number of rotatable bonds is 4. The van der Waals surface area contributed by atoms with Crippen molar-refractivity contribution in [3.63, 3.8) is 0 Å². The second-order valence-electron chi connectivity index (χ2n) is 4.05. The van der Waals surface area contributed by atoms with E-state index in [-0.39, 0.29) is 11.3 Å². The van der Waals surface area contributed by atoms with Crippen molar-refractivity contribution in [3.8, 4) is 0 Å². The summed E-state index contributed by atoms with van der Waals surface area (Å²) in [6.45, 7) is 3.09. The van der Waals surface area contributed by atoms with Gasteiger partial charge >= 0.3 is 17.9 Å². The van der Waals surface area contributed by atoms with Crippen LogP contribution in [0, 0.1) is 0 Å². The third-order valence-electron chi connectivity index (χ3n) is 2.24. The average molecular weight is 365 g/mol. The number of hydrogen-bond donors (Lipinski definition) is 0. The summed E-state index contributed by atoms with van der Waals surface area (Å²) < 4.78 is 19.5. The molecule has 0 aromatic heterocycles. The molecule has 1 aliphatic heterocycles. The Morgan fingerprint density at radius 1 is 1.14 bits per heavy atom. The van der Waals surface area contributed by atoms with E-state index in [9.17, 15) is 19.2 Å². The highest BCUT2D eigenvalue weighted by molar-refractivity contribution is 9.11. The van der Waals surface area contributed by atoms with Crippen molar-refractivity contribution in [2.75, 3.05) is 6.61 Å². The molecule has 0 saturated carbocycles. The monoisotopic (exact) mass is 364 g/mol. The fourth-order valence-electron chi connectivity index (χ4n) is 1.51. The van der Waals surface area contributed by atoms with Gasteiger partial charge in [0.25, 0.3) is 0 Å². The third kappa shape index (κ3) is 4.85. The van der Waals surface area contributed by atoms with Crippen LogP contribution < -0.4 is 0 Å². The average Bonchev–Trinajstić information content (AvgIpc) is 2.35. The number of esters is 3. The largest absolute Gasteiger partial charge is 0.472 e. The Labute approximate surface area is 128 Å². The minimum absolute atomic E-state index is 0.136. The van der Waals surface area contributed by atoms with Crippen LogP contribution in [0.2, 0.25) is 0 Å². The number of carbonyl (C=O) groups excluding carboxylic acids is 4. The molecule has 0 aromatic rings. The molecule has 0 radical (unpaired) electrons. The number of carbonyl (C=O) groups is 4. The van der Waals surface area contributed by atoms with Crippen molar-refractivity contribution in [1.82, 2.24) is 0 Å². The van der Waals surface area contributed by atoms with E-state index in [2.05, 4.69) is 15.9 Å². The van der Waals surface area contributed by atoms with Gasteiger partial charge in [-0.2, -0.15) is 0 Å². The summed E-state index contributed by atoms with van der Waals surface area (Å²) >= 11 is 2.94. The maximum absolute atomic E-state index is 12.2. The van der Waals surface area contributed by atoms with Crippen LogP contribution in [0.25, 0.3) is 0 Å². The van der Waals surface area contributed by atoms with Crippen LogP contribution in [0.1, 0.15) is 20.8 Å². The first-order valence-corrected chi connectivity index (χ1v) is 6.61. The SMILES string of the molecule is CC(=O)OC[C@H]1OC(Br)=C(OC(C)=O)C(=O)[C@@H]1OC(C)=O. The molecule has 0 spiro atoms. The van der Waals surface area contributed by atoms with Gasteiger partial charge in [-0.25, -0.2) is 0 Å². The molecule has 2 atom stereocenters. The number of ether oxygens (including phenoxy) is 4. The summed E-state index contributed by atoms with van der Waals surface area (Å²) in [5.41, 5.74) is 0. The van der Waals surface area contributed by atoms with Crippen molar-refractivity contribution >= 4 is 39.6 Å². The molecule has 0 fully saturated rings. The van der Waals surface area contributed by atoms with E-state index in [1.165, 1.54) is 6.92 Å². The summed E-state index contributed by atoms with van der Waals surface area (Å²) in [5, 5.41) is 0. The van der Waals surface area contributed by atoms with Gasteiger partial charge in [-0.05, 0) is 15.9 Å². The van der Waals surface area contributed by atoms with E-state index in [0.29, 0.717) is 0 Å². The third-order valence-corrected chi connectivity index (χ3v) is 2.79. The molecule has 0 saturated heterocycles. The highest BCUT2D eigenvalue weighted by Crippen LogP contribution is 2.28. The summed E-state index contributed by atoms with van der Waals surface area (Å²) in [6, 6.07) is 0. The first-order chi connectivity index (χ1) is 9.72. The van der Waals surface area contributed by atoms with Crippen LogP contribution in [0.5, 0.6) is 0 Å². The number of hydrogen-bond acceptors (Lipinski definition) is 8. The van der Waals surface area contributed by atoms with E-state index in [4.69, 9.17) is 18.9 Å². The van der Waals surface area contributed by atoms with Crippen molar-refractivity contribution < 1.29 is 38.1 Å². The summed E-state index contributed by atoms with van der Waals surface area (Å²) in [5.74, 6) is -3.23. The van der Waals surface area contributed by atoms with Gasteiger partial charge in [0, 0.05) is 20.8 Å². The predicted octanol–water partition coefficient (Wildman–Crippen LogP) is 0.576. The zero-order chi connectivity index (χ0) is 16.2. The molecule has 0 amide bonds. The second-order valence-corrected chi connectivity index (χ2v) is 4.77. The van der Waals surface area contributed by atoms with E-state index in [1.807, 2.05) is 0 Å². The minimum atomic E-state index is -1.38. The van der Waals surface area contributed by atoms with Crippen LogP contribution in [-0.2, 0) is 38.1 Å². The molecule has 1 rings (SSSR count). The molecular weight excluding hydrogens is 352 g/mol. The first-order valence-electron chi connectivity index (χ1n) is 5.82. The normalized spacial score (nSPS) is 21.4. The highest BCUT2D eigenvalue weighted by Gasteiger charge is 2.43. The standard InChI is InChI=1S/C12H13BrO8/c1-5(14)18-4-8-10(19-6(2)15)9(17)11(12(13)21-8)20-7(3)16/h8,10H,4H2,1-3H3/t8-,10-/m1/s1. The molecular formula is C12H13BrO8. The molecule has 0 N–H and O–H groups in total. The Kier molecular flexibility index (Phi) is 5.89. The summed E-state index contributed by atoms with van der Waals surface area (Å²) in [4.78, 5) is 45.1. The quantitative estimate of drug-likeness (QED) is 0.526. The first kappa shape index (κ1) is 17.2. The summed E-state index contributed by atoms with van der Waals surface area (Å²) in [7, 11) is 0. The van der Waals surface area contributed by atoms with Gasteiger partial charge in [0.05, 0.1) is 0 Å². The smallest absolute Gasteiger partial charge is 0.308 e. The lowest BCUT2D eigenvalue weighted by molar-refractivity contribution is -0.169. The zero-order valence-electron chi connectivity index (χ0n) is 11.5. The molecule has 0 aliphatic carbocycles. The van der Waals surface area contributed by atoms with Crippen molar-refractivity contribution in [2.45, 2.75) is 33.0 Å². The Bertz CT molecular complexity index is 509. The van der Waals surface area contributed by atoms with Gasteiger partial charge in [-0.15, -0.1) is 0 Å². The predicted molar refractivity (Wildman–Crippen MR) is 69.8 cm³/mol. The van der Waals surface area contributed by atoms with Crippen LogP contribution in [0.4, 0.5) is 0 Å². The lowest BCUT2D eigenvalue weighted by atomic mass is 10.1. The Morgan fingerprint density at radius 3 is 2.24 bits per heavy atom. The van der Waals surface area contributed by atoms with Crippen molar-refractivity contribution in [1.29, 1.82) is 0 Å². The number of ketones is 1. The van der Waals surface area contributed by atoms with Crippen LogP contribution in [-0.4, -0.2) is 42.5 Å². The fraction of sp³-hybridized carbons (Fsp3) is 0.500. The second kappa shape index (κ2) is 7.21. The van der Waals surface area contributed by atoms with Crippen molar-refractivity contribution in [2.24, 2.45) is 0 Å². The maximum Gasteiger partial charge on any atom is 0.308 e. The molecule has 0 aromatic carbocycles. The van der Waals surface area contributed by atoms with Gasteiger partial charge < -0.3 is 18.9 Å². The van der Waals surface area contributed by atoms with Gasteiger partial charge in [-0.3, -0.25) is 19.2 Å². The van der Waals surface area contributed by atoms with E-state index < -0.39 is 41.7 Å². The summed E-state index contributed by atoms with van der Waals surface area (Å²) in [6.07, 6.45) is -2.42. The molecule has 0 unspecified atom stereocenters. The van der Waals surface area contributed by atoms with Crippen molar-refractivity contribution in [3.05, 3.63) is 10.4 Å². The van der Waals surface area contributed by atoms with Crippen LogP contribution in [0.15, 0.2) is 10.4 Å². The zero-order valence-corrected chi connectivity index (χ0v) is 13.1. The van der Waals surface area contributed by atoms with Crippen LogP contribution in [0.3, 0.4) is 0 Å². The maximum atomic E-state index is 12.2. The van der Waals surface area contributed by atoms with Gasteiger partial charge in [0.15, 0.2) is 6.10 Å². The molecule has 1 aliphatic rings. The molecule has 21 heavy (non-hydrogen) atoms. The van der Waals surface area contributed by atoms with E-state index in [0.717, 1.165) is 13.8 Å². The van der Waals surface area contributed by atoms with E-state index >= 15 is 0 Å². The Morgan fingerprint density at radius 2 is 1.76 bits per heavy atom. The lowest BCUT2D eigenvalue weighted by Crippen LogP contribution is -2.46.